The number of anilines is 3. The van der Waals surface area contributed by atoms with Gasteiger partial charge in [0.25, 0.3) is 0 Å². The van der Waals surface area contributed by atoms with Crippen molar-refractivity contribution in [3.8, 4) is 0 Å². The number of hydrogen-bond donors (Lipinski definition) is 2. The number of aromatic nitrogens is 1. The van der Waals surface area contributed by atoms with Crippen LogP contribution in [0.4, 0.5) is 17.1 Å². The molecule has 0 fully saturated rings. The molecule has 138 valence electrons. The van der Waals surface area contributed by atoms with E-state index in [9.17, 15) is 0 Å². The van der Waals surface area contributed by atoms with Crippen LogP contribution >= 0.6 is 0 Å². The van der Waals surface area contributed by atoms with Crippen LogP contribution in [0, 0.1) is 0 Å². The summed E-state index contributed by atoms with van der Waals surface area (Å²) < 4.78 is 2.47. The molecular formula is C24H27N3. The SMILES string of the molecule is CCCCCCn1c2ccccc2c2cccc(Nc3ccccc3N)c21. The first-order chi connectivity index (χ1) is 13.3. The number of nitrogens with zero attached hydrogens (tertiary/aromatic N) is 1. The Labute approximate surface area is 160 Å². The summed E-state index contributed by atoms with van der Waals surface area (Å²) in [5.74, 6) is 0. The fraction of sp³-hybridized carbons (Fsp3) is 0.250. The number of hydrogen-bond acceptors (Lipinski definition) is 2. The molecule has 3 nitrogen and oxygen atoms in total. The van der Waals surface area contributed by atoms with Gasteiger partial charge in [-0.2, -0.15) is 0 Å². The molecule has 0 aliphatic carbocycles. The number of nitrogen functional groups attached to an aromatic ring is 1. The van der Waals surface area contributed by atoms with Crippen molar-refractivity contribution in [3.05, 3.63) is 66.7 Å². The van der Waals surface area contributed by atoms with Crippen molar-refractivity contribution in [2.45, 2.75) is 39.2 Å². The fourth-order valence-electron chi connectivity index (χ4n) is 3.89. The molecule has 0 bridgehead atoms. The molecule has 0 saturated carbocycles. The zero-order chi connectivity index (χ0) is 18.6. The third-order valence-corrected chi connectivity index (χ3v) is 5.26. The maximum atomic E-state index is 6.17. The third-order valence-electron chi connectivity index (χ3n) is 5.26. The molecule has 0 spiro atoms. The Morgan fingerprint density at radius 2 is 1.52 bits per heavy atom. The Hall–Kier alpha value is -2.94. The smallest absolute Gasteiger partial charge is 0.0730 e. The monoisotopic (exact) mass is 357 g/mol. The number of fused-ring (bicyclic) bond motifs is 3. The van der Waals surface area contributed by atoms with Gasteiger partial charge in [-0.15, -0.1) is 0 Å². The summed E-state index contributed by atoms with van der Waals surface area (Å²) in [4.78, 5) is 0. The van der Waals surface area contributed by atoms with Crippen LogP contribution in [0.2, 0.25) is 0 Å². The molecule has 0 aliphatic rings. The topological polar surface area (TPSA) is 43.0 Å². The molecule has 0 atom stereocenters. The van der Waals surface area contributed by atoms with Gasteiger partial charge < -0.3 is 15.6 Å². The average Bonchev–Trinajstić information content (AvgIpc) is 3.02. The summed E-state index contributed by atoms with van der Waals surface area (Å²) in [6.07, 6.45) is 5.02. The molecule has 0 radical (unpaired) electrons. The lowest BCUT2D eigenvalue weighted by molar-refractivity contribution is 0.602. The van der Waals surface area contributed by atoms with Crippen LogP contribution in [0.1, 0.15) is 32.6 Å². The van der Waals surface area contributed by atoms with Gasteiger partial charge in [-0.05, 0) is 30.7 Å². The lowest BCUT2D eigenvalue weighted by Crippen LogP contribution is -2.02. The highest BCUT2D eigenvalue weighted by Crippen LogP contribution is 2.36. The molecule has 4 aromatic rings. The Morgan fingerprint density at radius 1 is 0.778 bits per heavy atom. The number of rotatable bonds is 7. The first-order valence-electron chi connectivity index (χ1n) is 9.91. The van der Waals surface area contributed by atoms with Gasteiger partial charge in [0.15, 0.2) is 0 Å². The van der Waals surface area contributed by atoms with E-state index >= 15 is 0 Å². The van der Waals surface area contributed by atoms with Gasteiger partial charge in [-0.25, -0.2) is 0 Å². The largest absolute Gasteiger partial charge is 0.397 e. The summed E-state index contributed by atoms with van der Waals surface area (Å²) >= 11 is 0. The number of para-hydroxylation sites is 4. The van der Waals surface area contributed by atoms with E-state index in [1.54, 1.807) is 0 Å². The van der Waals surface area contributed by atoms with Gasteiger partial charge >= 0.3 is 0 Å². The van der Waals surface area contributed by atoms with Gasteiger partial charge in [0.2, 0.25) is 0 Å². The van der Waals surface area contributed by atoms with E-state index in [-0.39, 0.29) is 0 Å². The van der Waals surface area contributed by atoms with E-state index in [0.29, 0.717) is 0 Å². The average molecular weight is 358 g/mol. The summed E-state index contributed by atoms with van der Waals surface area (Å²) in [5.41, 5.74) is 11.6. The minimum atomic E-state index is 0.764. The van der Waals surface area contributed by atoms with E-state index in [2.05, 4.69) is 59.3 Å². The first-order valence-corrected chi connectivity index (χ1v) is 9.91. The maximum Gasteiger partial charge on any atom is 0.0730 e. The van der Waals surface area contributed by atoms with E-state index in [0.717, 1.165) is 23.6 Å². The van der Waals surface area contributed by atoms with Gasteiger partial charge in [0.05, 0.1) is 22.6 Å². The van der Waals surface area contributed by atoms with E-state index in [1.165, 1.54) is 47.5 Å². The number of unbranched alkanes of at least 4 members (excludes halogenated alkanes) is 3. The Balaban J connectivity index is 1.83. The Kier molecular flexibility index (Phi) is 5.01. The minimum Gasteiger partial charge on any atom is -0.397 e. The zero-order valence-electron chi connectivity index (χ0n) is 15.9. The highest BCUT2D eigenvalue weighted by Gasteiger charge is 2.14. The molecule has 4 rings (SSSR count). The van der Waals surface area contributed by atoms with Crippen molar-refractivity contribution in [2.24, 2.45) is 0 Å². The van der Waals surface area contributed by atoms with E-state index in [4.69, 9.17) is 5.73 Å². The van der Waals surface area contributed by atoms with Crippen LogP contribution in [-0.4, -0.2) is 4.57 Å². The lowest BCUT2D eigenvalue weighted by Gasteiger charge is -2.14. The van der Waals surface area contributed by atoms with Crippen LogP contribution in [0.25, 0.3) is 21.8 Å². The van der Waals surface area contributed by atoms with E-state index in [1.807, 2.05) is 24.3 Å². The third kappa shape index (κ3) is 3.37. The number of aryl methyl sites for hydroxylation is 1. The second-order valence-corrected chi connectivity index (χ2v) is 7.14. The molecule has 3 heteroatoms. The Bertz CT molecular complexity index is 1060. The molecule has 1 aromatic heterocycles. The van der Waals surface area contributed by atoms with Crippen molar-refractivity contribution in [3.63, 3.8) is 0 Å². The lowest BCUT2D eigenvalue weighted by atomic mass is 10.1. The molecular weight excluding hydrogens is 330 g/mol. The molecule has 1 heterocycles. The normalized spacial score (nSPS) is 11.3. The van der Waals surface area contributed by atoms with Crippen LogP contribution < -0.4 is 11.1 Å². The standard InChI is InChI=1S/C24H27N3/c1-2-3-4-9-17-27-23-16-8-5-11-18(23)19-12-10-15-22(24(19)27)26-21-14-7-6-13-20(21)25/h5-8,10-16,26H,2-4,9,17,25H2,1H3. The van der Waals surface area contributed by atoms with Crippen molar-refractivity contribution < 1.29 is 0 Å². The number of benzene rings is 3. The molecule has 0 amide bonds. The quantitative estimate of drug-likeness (QED) is 0.285. The van der Waals surface area contributed by atoms with Crippen molar-refractivity contribution in [2.75, 3.05) is 11.1 Å². The number of nitrogens with one attached hydrogen (secondary N) is 1. The summed E-state index contributed by atoms with van der Waals surface area (Å²) in [6.45, 7) is 3.29. The predicted octanol–water partition coefficient (Wildman–Crippen LogP) is 6.70. The number of nitrogens with two attached hydrogens (primary N) is 1. The highest BCUT2D eigenvalue weighted by molar-refractivity contribution is 6.12. The molecule has 27 heavy (non-hydrogen) atoms. The minimum absolute atomic E-state index is 0.764. The van der Waals surface area contributed by atoms with Gasteiger partial charge in [0.1, 0.15) is 0 Å². The predicted molar refractivity (Wildman–Crippen MR) is 118 cm³/mol. The van der Waals surface area contributed by atoms with Crippen molar-refractivity contribution in [1.29, 1.82) is 0 Å². The molecule has 3 aromatic carbocycles. The maximum absolute atomic E-state index is 6.17. The fourth-order valence-corrected chi connectivity index (χ4v) is 3.89. The highest BCUT2D eigenvalue weighted by atomic mass is 15.0. The van der Waals surface area contributed by atoms with Crippen LogP contribution in [0.3, 0.4) is 0 Å². The van der Waals surface area contributed by atoms with Gasteiger partial charge in [0, 0.05) is 22.8 Å². The van der Waals surface area contributed by atoms with Crippen molar-refractivity contribution >= 4 is 38.9 Å². The van der Waals surface area contributed by atoms with Gasteiger partial charge in [-0.3, -0.25) is 0 Å². The second kappa shape index (κ2) is 7.75. The molecule has 3 N–H and O–H groups in total. The summed E-state index contributed by atoms with van der Waals surface area (Å²) in [6, 6.07) is 23.1. The second-order valence-electron chi connectivity index (χ2n) is 7.14. The summed E-state index contributed by atoms with van der Waals surface area (Å²) in [7, 11) is 0. The molecule has 0 saturated heterocycles. The van der Waals surface area contributed by atoms with Crippen LogP contribution in [0.5, 0.6) is 0 Å². The first kappa shape index (κ1) is 17.5. The van der Waals surface area contributed by atoms with Gasteiger partial charge in [-0.1, -0.05) is 68.7 Å². The van der Waals surface area contributed by atoms with Crippen LogP contribution in [-0.2, 0) is 6.54 Å². The summed E-state index contributed by atoms with van der Waals surface area (Å²) in [5, 5.41) is 6.18. The Morgan fingerprint density at radius 3 is 2.37 bits per heavy atom. The molecule has 0 unspecified atom stereocenters. The van der Waals surface area contributed by atoms with Crippen LogP contribution in [0.15, 0.2) is 66.7 Å². The van der Waals surface area contributed by atoms with E-state index < -0.39 is 0 Å². The van der Waals surface area contributed by atoms with Crippen molar-refractivity contribution in [1.82, 2.24) is 4.57 Å². The zero-order valence-corrected chi connectivity index (χ0v) is 15.9. The molecule has 0 aliphatic heterocycles.